The van der Waals surface area contributed by atoms with Crippen molar-refractivity contribution in [2.24, 2.45) is 5.92 Å². The molecule has 30 heavy (non-hydrogen) atoms. The third-order valence-electron chi connectivity index (χ3n) is 5.27. The van der Waals surface area contributed by atoms with Crippen LogP contribution in [-0.4, -0.2) is 41.0 Å². The zero-order valence-corrected chi connectivity index (χ0v) is 17.8. The molecule has 0 atom stereocenters. The van der Waals surface area contributed by atoms with Crippen molar-refractivity contribution >= 4 is 23.2 Å². The van der Waals surface area contributed by atoms with Crippen LogP contribution in [0.1, 0.15) is 29.2 Å². The highest BCUT2D eigenvalue weighted by Crippen LogP contribution is 2.29. The van der Waals surface area contributed by atoms with Gasteiger partial charge in [0.05, 0.1) is 5.69 Å². The Balaban J connectivity index is 1.65. The van der Waals surface area contributed by atoms with Crippen molar-refractivity contribution in [3.63, 3.8) is 0 Å². The molecule has 0 spiro atoms. The van der Waals surface area contributed by atoms with E-state index in [-0.39, 0.29) is 11.7 Å². The maximum absolute atomic E-state index is 13.3. The Morgan fingerprint density at radius 1 is 1.13 bits per heavy atom. The van der Waals surface area contributed by atoms with Crippen LogP contribution in [0.5, 0.6) is 0 Å². The van der Waals surface area contributed by atoms with E-state index in [0.29, 0.717) is 23.1 Å². The third kappa shape index (κ3) is 4.71. The molecule has 4 rings (SSSR count). The molecule has 2 aromatic carbocycles. The van der Waals surface area contributed by atoms with Gasteiger partial charge < -0.3 is 9.80 Å². The van der Waals surface area contributed by atoms with Crippen LogP contribution in [0.15, 0.2) is 54.7 Å². The minimum absolute atomic E-state index is 0.271. The predicted octanol–water partition coefficient (Wildman–Crippen LogP) is 4.78. The zero-order valence-electron chi connectivity index (χ0n) is 17.1. The average molecular weight is 427 g/mol. The second kappa shape index (κ2) is 8.58. The van der Waals surface area contributed by atoms with Crippen molar-refractivity contribution in [2.75, 3.05) is 25.5 Å². The first-order valence-electron chi connectivity index (χ1n) is 9.97. The van der Waals surface area contributed by atoms with E-state index in [2.05, 4.69) is 16.9 Å². The molecule has 0 radical (unpaired) electrons. The monoisotopic (exact) mass is 426 g/mol. The lowest BCUT2D eigenvalue weighted by atomic mass is 10.2. The maximum Gasteiger partial charge on any atom is 0.294 e. The highest BCUT2D eigenvalue weighted by atomic mass is 35.5. The van der Waals surface area contributed by atoms with Gasteiger partial charge in [-0.05, 0) is 74.3 Å². The van der Waals surface area contributed by atoms with E-state index in [0.717, 1.165) is 23.8 Å². The fourth-order valence-corrected chi connectivity index (χ4v) is 3.59. The summed E-state index contributed by atoms with van der Waals surface area (Å²) in [6.07, 6.45) is 4.48. The Morgan fingerprint density at radius 3 is 2.43 bits per heavy atom. The van der Waals surface area contributed by atoms with Gasteiger partial charge in [0.1, 0.15) is 5.82 Å². The number of nitrogens with zero attached hydrogens (tertiary/aromatic N) is 4. The van der Waals surface area contributed by atoms with Gasteiger partial charge in [-0.25, -0.2) is 9.37 Å². The maximum atomic E-state index is 13.3. The zero-order chi connectivity index (χ0) is 21.3. The van der Waals surface area contributed by atoms with Gasteiger partial charge in [0.25, 0.3) is 5.91 Å². The third-order valence-corrected chi connectivity index (χ3v) is 5.52. The van der Waals surface area contributed by atoms with Crippen LogP contribution in [0.25, 0.3) is 5.69 Å². The first kappa shape index (κ1) is 20.6. The Morgan fingerprint density at radius 2 is 1.80 bits per heavy atom. The molecule has 0 saturated heterocycles. The molecule has 1 aliphatic carbocycles. The summed E-state index contributed by atoms with van der Waals surface area (Å²) in [5, 5.41) is 0.625. The summed E-state index contributed by atoms with van der Waals surface area (Å²) >= 11 is 6.04. The first-order valence-corrected chi connectivity index (χ1v) is 10.3. The molecule has 3 aromatic rings. The number of hydrogen-bond acceptors (Lipinski definition) is 3. The molecule has 1 fully saturated rings. The quantitative estimate of drug-likeness (QED) is 0.545. The molecule has 1 heterocycles. The Hall–Kier alpha value is -2.70. The van der Waals surface area contributed by atoms with E-state index < -0.39 is 0 Å². The first-order chi connectivity index (χ1) is 14.4. The van der Waals surface area contributed by atoms with Crippen LogP contribution in [-0.2, 0) is 6.54 Å². The van der Waals surface area contributed by atoms with Crippen molar-refractivity contribution in [2.45, 2.75) is 19.4 Å². The van der Waals surface area contributed by atoms with Crippen LogP contribution < -0.4 is 4.90 Å². The summed E-state index contributed by atoms with van der Waals surface area (Å²) in [5.41, 5.74) is 2.22. The largest absolute Gasteiger partial charge is 0.309 e. The van der Waals surface area contributed by atoms with E-state index in [1.165, 1.54) is 29.9 Å². The molecule has 1 saturated carbocycles. The minimum atomic E-state index is -0.344. The topological polar surface area (TPSA) is 41.4 Å². The van der Waals surface area contributed by atoms with Crippen molar-refractivity contribution in [3.05, 3.63) is 77.1 Å². The molecule has 0 bridgehead atoms. The SMILES string of the molecule is CN(Cc1cn(-c2ccc(Cl)cc2)c(C(=O)N(C)c2ccc(F)cc2)n1)CC1CC1. The molecular weight excluding hydrogens is 403 g/mol. The fourth-order valence-electron chi connectivity index (χ4n) is 3.47. The van der Waals surface area contributed by atoms with E-state index in [4.69, 9.17) is 11.6 Å². The van der Waals surface area contributed by atoms with Crippen molar-refractivity contribution in [1.82, 2.24) is 14.5 Å². The van der Waals surface area contributed by atoms with Crippen molar-refractivity contribution in [1.29, 1.82) is 0 Å². The highest BCUT2D eigenvalue weighted by Gasteiger charge is 2.25. The molecule has 1 aromatic heterocycles. The van der Waals surface area contributed by atoms with Crippen LogP contribution in [0.2, 0.25) is 5.02 Å². The van der Waals surface area contributed by atoms with Gasteiger partial charge in [0.15, 0.2) is 0 Å². The highest BCUT2D eigenvalue weighted by molar-refractivity contribution is 6.30. The number of amides is 1. The van der Waals surface area contributed by atoms with Crippen molar-refractivity contribution < 1.29 is 9.18 Å². The van der Waals surface area contributed by atoms with Gasteiger partial charge in [0, 0.05) is 42.7 Å². The number of rotatable bonds is 7. The molecular formula is C23H24ClFN4O. The lowest BCUT2D eigenvalue weighted by Crippen LogP contribution is -2.29. The molecule has 0 aliphatic heterocycles. The number of anilines is 1. The summed E-state index contributed by atoms with van der Waals surface area (Å²) in [5.74, 6) is 0.467. The lowest BCUT2D eigenvalue weighted by Gasteiger charge is -2.17. The van der Waals surface area contributed by atoms with Crippen LogP contribution in [0.4, 0.5) is 10.1 Å². The smallest absolute Gasteiger partial charge is 0.294 e. The van der Waals surface area contributed by atoms with E-state index in [1.54, 1.807) is 35.9 Å². The molecule has 7 heteroatoms. The molecule has 0 N–H and O–H groups in total. The molecule has 1 aliphatic rings. The van der Waals surface area contributed by atoms with Gasteiger partial charge in [-0.2, -0.15) is 0 Å². The standard InChI is InChI=1S/C23H24ClFN4O/c1-27(13-16-3-4-16)14-19-15-29(21-9-5-17(24)6-10-21)22(26-19)23(30)28(2)20-11-7-18(25)8-12-20/h5-12,15-16H,3-4,13-14H2,1-2H3. The Kier molecular flexibility index (Phi) is 5.88. The van der Waals surface area contributed by atoms with Gasteiger partial charge in [0.2, 0.25) is 5.82 Å². The second-order valence-corrected chi connectivity index (χ2v) is 8.32. The van der Waals surface area contributed by atoms with E-state index in [1.807, 2.05) is 18.3 Å². The molecule has 5 nitrogen and oxygen atoms in total. The molecule has 1 amide bonds. The van der Waals surface area contributed by atoms with Crippen LogP contribution >= 0.6 is 11.6 Å². The predicted molar refractivity (Wildman–Crippen MR) is 117 cm³/mol. The lowest BCUT2D eigenvalue weighted by molar-refractivity contribution is 0.0981. The number of halogens is 2. The van der Waals surface area contributed by atoms with Crippen LogP contribution in [0.3, 0.4) is 0 Å². The Bertz CT molecular complexity index is 1030. The number of benzene rings is 2. The molecule has 0 unspecified atom stereocenters. The fraction of sp³-hybridized carbons (Fsp3) is 0.304. The number of hydrogen-bond donors (Lipinski definition) is 0. The van der Waals surface area contributed by atoms with Crippen molar-refractivity contribution in [3.8, 4) is 5.69 Å². The number of carbonyl (C=O) groups excluding carboxylic acids is 1. The van der Waals surface area contributed by atoms with Gasteiger partial charge in [-0.3, -0.25) is 9.36 Å². The summed E-state index contributed by atoms with van der Waals surface area (Å²) in [6, 6.07) is 13.1. The number of aromatic nitrogens is 2. The van der Waals surface area contributed by atoms with Gasteiger partial charge in [-0.1, -0.05) is 11.6 Å². The second-order valence-electron chi connectivity index (χ2n) is 7.88. The van der Waals surface area contributed by atoms with Gasteiger partial charge in [-0.15, -0.1) is 0 Å². The number of imidazole rings is 1. The summed E-state index contributed by atoms with van der Waals surface area (Å²) in [7, 11) is 3.74. The summed E-state index contributed by atoms with van der Waals surface area (Å²) in [4.78, 5) is 21.7. The minimum Gasteiger partial charge on any atom is -0.309 e. The summed E-state index contributed by atoms with van der Waals surface area (Å²) < 4.78 is 15.1. The normalized spacial score (nSPS) is 13.6. The van der Waals surface area contributed by atoms with E-state index in [9.17, 15) is 9.18 Å². The summed E-state index contributed by atoms with van der Waals surface area (Å²) in [6.45, 7) is 1.70. The van der Waals surface area contributed by atoms with E-state index >= 15 is 0 Å². The van der Waals surface area contributed by atoms with Crippen LogP contribution in [0, 0.1) is 11.7 Å². The average Bonchev–Trinajstić information content (AvgIpc) is 3.44. The van der Waals surface area contributed by atoms with Gasteiger partial charge >= 0.3 is 0 Å². The Labute approximate surface area is 180 Å². The number of carbonyl (C=O) groups is 1. The molecule has 156 valence electrons.